The summed E-state index contributed by atoms with van der Waals surface area (Å²) in [5, 5.41) is 0. The molecule has 0 radical (unpaired) electrons. The van der Waals surface area contributed by atoms with Crippen LogP contribution in [0.2, 0.25) is 0 Å². The average molecular weight is 213 g/mol. The fourth-order valence-corrected chi connectivity index (χ4v) is 1.86. The molecule has 0 saturated heterocycles. The molecule has 0 aliphatic heterocycles. The molecule has 4 heteroatoms. The molecular weight excluding hydrogens is 202 g/mol. The van der Waals surface area contributed by atoms with Crippen LogP contribution in [0.3, 0.4) is 0 Å². The number of pyridine rings is 1. The Morgan fingerprint density at radius 1 is 1.38 bits per heavy atom. The molecule has 0 atom stereocenters. The number of aldehydes is 1. The van der Waals surface area contributed by atoms with E-state index in [4.69, 9.17) is 0 Å². The third-order valence-corrected chi connectivity index (χ3v) is 2.83. The van der Waals surface area contributed by atoms with E-state index >= 15 is 0 Å². The highest BCUT2D eigenvalue weighted by Crippen LogP contribution is 2.39. The summed E-state index contributed by atoms with van der Waals surface area (Å²) in [4.78, 5) is 19.4. The van der Waals surface area contributed by atoms with Crippen molar-refractivity contribution in [3.05, 3.63) is 42.2 Å². The van der Waals surface area contributed by atoms with Crippen LogP contribution < -0.4 is 0 Å². The number of nitrogens with zero attached hydrogens (tertiary/aromatic N) is 3. The van der Waals surface area contributed by atoms with Gasteiger partial charge in [0.15, 0.2) is 6.29 Å². The lowest BCUT2D eigenvalue weighted by Gasteiger charge is -2.08. The SMILES string of the molecule is O=Cc1ccncc1-n1ccnc1C1CC1. The van der Waals surface area contributed by atoms with Gasteiger partial charge in [0.05, 0.1) is 11.9 Å². The van der Waals surface area contributed by atoms with Crippen LogP contribution in [0.4, 0.5) is 0 Å². The van der Waals surface area contributed by atoms with Gasteiger partial charge in [-0.25, -0.2) is 4.98 Å². The Balaban J connectivity index is 2.13. The van der Waals surface area contributed by atoms with Crippen molar-refractivity contribution in [2.75, 3.05) is 0 Å². The summed E-state index contributed by atoms with van der Waals surface area (Å²) in [5.74, 6) is 1.59. The fourth-order valence-electron chi connectivity index (χ4n) is 1.86. The molecule has 1 saturated carbocycles. The highest BCUT2D eigenvalue weighted by molar-refractivity contribution is 5.80. The van der Waals surface area contributed by atoms with E-state index in [1.54, 1.807) is 24.7 Å². The average Bonchev–Trinajstić information content (AvgIpc) is 3.07. The number of hydrogen-bond acceptors (Lipinski definition) is 3. The normalized spacial score (nSPS) is 15.0. The van der Waals surface area contributed by atoms with Crippen LogP contribution >= 0.6 is 0 Å². The zero-order valence-corrected chi connectivity index (χ0v) is 8.71. The Morgan fingerprint density at radius 2 is 2.25 bits per heavy atom. The predicted octanol–water partition coefficient (Wildman–Crippen LogP) is 1.96. The first-order valence-electron chi connectivity index (χ1n) is 5.33. The Morgan fingerprint density at radius 3 is 3.00 bits per heavy atom. The molecule has 1 fully saturated rings. The van der Waals surface area contributed by atoms with Gasteiger partial charge >= 0.3 is 0 Å². The summed E-state index contributed by atoms with van der Waals surface area (Å²) in [5.41, 5.74) is 1.46. The zero-order valence-electron chi connectivity index (χ0n) is 8.71. The van der Waals surface area contributed by atoms with Gasteiger partial charge in [0.25, 0.3) is 0 Å². The van der Waals surface area contributed by atoms with Crippen LogP contribution in [0.25, 0.3) is 5.69 Å². The second-order valence-electron chi connectivity index (χ2n) is 3.98. The summed E-state index contributed by atoms with van der Waals surface area (Å²) in [7, 11) is 0. The van der Waals surface area contributed by atoms with Crippen molar-refractivity contribution in [3.63, 3.8) is 0 Å². The number of hydrogen-bond donors (Lipinski definition) is 0. The van der Waals surface area contributed by atoms with Gasteiger partial charge in [0.1, 0.15) is 5.82 Å². The van der Waals surface area contributed by atoms with Gasteiger partial charge in [-0.15, -0.1) is 0 Å². The molecule has 2 aromatic rings. The number of aromatic nitrogens is 3. The maximum Gasteiger partial charge on any atom is 0.152 e. The number of rotatable bonds is 3. The van der Waals surface area contributed by atoms with Gasteiger partial charge < -0.3 is 4.57 Å². The number of imidazole rings is 1. The molecule has 80 valence electrons. The first-order valence-corrected chi connectivity index (χ1v) is 5.33. The molecule has 0 unspecified atom stereocenters. The first-order chi connectivity index (χ1) is 7.90. The van der Waals surface area contributed by atoms with Crippen molar-refractivity contribution in [2.45, 2.75) is 18.8 Å². The third kappa shape index (κ3) is 1.43. The summed E-state index contributed by atoms with van der Waals surface area (Å²) < 4.78 is 1.97. The molecule has 2 aromatic heterocycles. The lowest BCUT2D eigenvalue weighted by atomic mass is 10.2. The van der Waals surface area contributed by atoms with Crippen LogP contribution in [-0.2, 0) is 0 Å². The van der Waals surface area contributed by atoms with Crippen molar-refractivity contribution in [3.8, 4) is 5.69 Å². The van der Waals surface area contributed by atoms with Crippen molar-refractivity contribution >= 4 is 6.29 Å². The van der Waals surface area contributed by atoms with Gasteiger partial charge in [0.2, 0.25) is 0 Å². The quantitative estimate of drug-likeness (QED) is 0.732. The molecule has 1 aliphatic carbocycles. The highest BCUT2D eigenvalue weighted by Gasteiger charge is 2.28. The maximum absolute atomic E-state index is 11.0. The number of carbonyl (C=O) groups is 1. The maximum atomic E-state index is 11.0. The zero-order chi connectivity index (χ0) is 11.0. The van der Waals surface area contributed by atoms with E-state index in [9.17, 15) is 4.79 Å². The predicted molar refractivity (Wildman–Crippen MR) is 58.7 cm³/mol. The fraction of sp³-hybridized carbons (Fsp3) is 0.250. The molecule has 2 heterocycles. The van der Waals surface area contributed by atoms with Crippen LogP contribution in [0.15, 0.2) is 30.9 Å². The minimum absolute atomic E-state index is 0.551. The Labute approximate surface area is 93.0 Å². The van der Waals surface area contributed by atoms with E-state index in [1.165, 1.54) is 12.8 Å². The van der Waals surface area contributed by atoms with E-state index in [0.29, 0.717) is 11.5 Å². The first kappa shape index (κ1) is 9.27. The Kier molecular flexibility index (Phi) is 2.06. The summed E-state index contributed by atoms with van der Waals surface area (Å²) >= 11 is 0. The van der Waals surface area contributed by atoms with Gasteiger partial charge in [-0.3, -0.25) is 9.78 Å². The summed E-state index contributed by atoms with van der Waals surface area (Å²) in [6.07, 6.45) is 10.2. The molecule has 0 N–H and O–H groups in total. The third-order valence-electron chi connectivity index (χ3n) is 2.83. The summed E-state index contributed by atoms with van der Waals surface area (Å²) in [6.45, 7) is 0. The van der Waals surface area contributed by atoms with Crippen molar-refractivity contribution < 1.29 is 4.79 Å². The standard InChI is InChI=1S/C12H11N3O/c16-8-10-3-4-13-7-11(10)15-6-5-14-12(15)9-1-2-9/h3-9H,1-2H2. The van der Waals surface area contributed by atoms with Crippen LogP contribution in [-0.4, -0.2) is 20.8 Å². The van der Waals surface area contributed by atoms with E-state index in [-0.39, 0.29) is 0 Å². The topological polar surface area (TPSA) is 47.8 Å². The van der Waals surface area contributed by atoms with E-state index in [2.05, 4.69) is 9.97 Å². The van der Waals surface area contributed by atoms with E-state index < -0.39 is 0 Å². The second kappa shape index (κ2) is 3.56. The molecule has 0 amide bonds. The van der Waals surface area contributed by atoms with Crippen LogP contribution in [0, 0.1) is 0 Å². The van der Waals surface area contributed by atoms with Crippen LogP contribution in [0.5, 0.6) is 0 Å². The lowest BCUT2D eigenvalue weighted by molar-refractivity contribution is 0.112. The van der Waals surface area contributed by atoms with Crippen molar-refractivity contribution in [1.82, 2.24) is 14.5 Å². The Hall–Kier alpha value is -1.97. The molecule has 3 rings (SSSR count). The van der Waals surface area contributed by atoms with Gasteiger partial charge in [-0.1, -0.05) is 0 Å². The lowest BCUT2D eigenvalue weighted by Crippen LogP contribution is -2.02. The highest BCUT2D eigenvalue weighted by atomic mass is 16.1. The molecule has 4 nitrogen and oxygen atoms in total. The smallest absolute Gasteiger partial charge is 0.152 e. The largest absolute Gasteiger partial charge is 0.301 e. The number of carbonyl (C=O) groups excluding carboxylic acids is 1. The van der Waals surface area contributed by atoms with Crippen LogP contribution in [0.1, 0.15) is 34.9 Å². The minimum Gasteiger partial charge on any atom is -0.301 e. The minimum atomic E-state index is 0.551. The van der Waals surface area contributed by atoms with Gasteiger partial charge in [-0.05, 0) is 18.9 Å². The van der Waals surface area contributed by atoms with Gasteiger partial charge in [0, 0.05) is 30.1 Å². The van der Waals surface area contributed by atoms with E-state index in [0.717, 1.165) is 17.8 Å². The summed E-state index contributed by atoms with van der Waals surface area (Å²) in [6, 6.07) is 1.72. The second-order valence-corrected chi connectivity index (χ2v) is 3.98. The Bertz CT molecular complexity index is 529. The van der Waals surface area contributed by atoms with Crippen molar-refractivity contribution in [1.29, 1.82) is 0 Å². The van der Waals surface area contributed by atoms with Gasteiger partial charge in [-0.2, -0.15) is 0 Å². The molecule has 0 bridgehead atoms. The molecular formula is C12H11N3O. The molecule has 0 aromatic carbocycles. The monoisotopic (exact) mass is 213 g/mol. The van der Waals surface area contributed by atoms with Crippen molar-refractivity contribution in [2.24, 2.45) is 0 Å². The van der Waals surface area contributed by atoms with E-state index in [1.807, 2.05) is 10.8 Å². The molecule has 0 spiro atoms. The molecule has 16 heavy (non-hydrogen) atoms. The molecule has 1 aliphatic rings.